The van der Waals surface area contributed by atoms with Crippen LogP contribution in [0.3, 0.4) is 0 Å². The summed E-state index contributed by atoms with van der Waals surface area (Å²) in [5.41, 5.74) is 0. The van der Waals surface area contributed by atoms with E-state index in [1.165, 1.54) is 38.9 Å². The van der Waals surface area contributed by atoms with E-state index >= 15 is 0 Å². The van der Waals surface area contributed by atoms with Gasteiger partial charge in [-0.05, 0) is 32.5 Å². The predicted molar refractivity (Wildman–Crippen MR) is 61.7 cm³/mol. The van der Waals surface area contributed by atoms with Crippen molar-refractivity contribution in [1.29, 1.82) is 0 Å². The van der Waals surface area contributed by atoms with Crippen LogP contribution in [0.25, 0.3) is 0 Å². The van der Waals surface area contributed by atoms with Crippen LogP contribution in [0.4, 0.5) is 0 Å². The third-order valence-corrected chi connectivity index (χ3v) is 2.78. The van der Waals surface area contributed by atoms with Crippen LogP contribution in [-0.2, 0) is 0 Å². The summed E-state index contributed by atoms with van der Waals surface area (Å²) in [5.74, 6) is 0. The van der Waals surface area contributed by atoms with E-state index in [4.69, 9.17) is 0 Å². The van der Waals surface area contributed by atoms with Crippen molar-refractivity contribution >= 4 is 0 Å². The smallest absolute Gasteiger partial charge is 0.0107 e. The van der Waals surface area contributed by atoms with Gasteiger partial charge in [-0.2, -0.15) is 0 Å². The van der Waals surface area contributed by atoms with Crippen molar-refractivity contribution < 1.29 is 0 Å². The standard InChI is InChI=1S/C11H25N3/c1-2-12-6-7-13-8-11-14-9-4-3-5-10-14/h12-13H,2-11H2,1H3. The Morgan fingerprint density at radius 1 is 0.929 bits per heavy atom. The highest BCUT2D eigenvalue weighted by Gasteiger charge is 2.08. The van der Waals surface area contributed by atoms with Crippen LogP contribution < -0.4 is 10.6 Å². The summed E-state index contributed by atoms with van der Waals surface area (Å²) in [7, 11) is 0. The average Bonchev–Trinajstić information content (AvgIpc) is 2.25. The molecule has 1 aliphatic rings. The first kappa shape index (κ1) is 12.0. The van der Waals surface area contributed by atoms with Crippen LogP contribution in [-0.4, -0.2) is 50.7 Å². The van der Waals surface area contributed by atoms with Gasteiger partial charge in [0.1, 0.15) is 0 Å². The molecule has 0 saturated carbocycles. The number of hydrogen-bond donors (Lipinski definition) is 2. The number of nitrogens with one attached hydrogen (secondary N) is 2. The SMILES string of the molecule is CCNCCNCCN1CCCCC1. The molecule has 3 heteroatoms. The maximum absolute atomic E-state index is 3.46. The quantitative estimate of drug-likeness (QED) is 0.590. The van der Waals surface area contributed by atoms with Crippen LogP contribution in [0.15, 0.2) is 0 Å². The molecule has 84 valence electrons. The summed E-state index contributed by atoms with van der Waals surface area (Å²) in [5, 5.41) is 6.77. The fraction of sp³-hybridized carbons (Fsp3) is 1.00. The Labute approximate surface area is 88.2 Å². The number of likely N-dealkylation sites (N-methyl/N-ethyl adjacent to an activating group) is 1. The van der Waals surface area contributed by atoms with Gasteiger partial charge in [0.2, 0.25) is 0 Å². The molecule has 0 aromatic rings. The van der Waals surface area contributed by atoms with E-state index in [0.29, 0.717) is 0 Å². The number of rotatable bonds is 7. The largest absolute Gasteiger partial charge is 0.316 e. The molecule has 0 radical (unpaired) electrons. The summed E-state index contributed by atoms with van der Waals surface area (Å²) in [6.07, 6.45) is 4.24. The van der Waals surface area contributed by atoms with E-state index in [1.54, 1.807) is 0 Å². The number of nitrogens with zero attached hydrogens (tertiary/aromatic N) is 1. The molecular weight excluding hydrogens is 174 g/mol. The molecule has 14 heavy (non-hydrogen) atoms. The zero-order valence-electron chi connectivity index (χ0n) is 9.52. The first-order valence-electron chi connectivity index (χ1n) is 6.07. The van der Waals surface area contributed by atoms with Crippen molar-refractivity contribution in [1.82, 2.24) is 15.5 Å². The maximum Gasteiger partial charge on any atom is 0.0107 e. The number of hydrogen-bond acceptors (Lipinski definition) is 3. The second-order valence-electron chi connectivity index (χ2n) is 4.01. The number of likely N-dealkylation sites (tertiary alicyclic amines) is 1. The van der Waals surface area contributed by atoms with Crippen LogP contribution in [0.5, 0.6) is 0 Å². The molecule has 1 heterocycles. The second kappa shape index (κ2) is 8.21. The Balaban J connectivity index is 1.82. The first-order chi connectivity index (χ1) is 6.93. The fourth-order valence-electron chi connectivity index (χ4n) is 1.90. The van der Waals surface area contributed by atoms with Crippen LogP contribution >= 0.6 is 0 Å². The molecule has 0 unspecified atom stereocenters. The Bertz CT molecular complexity index is 122. The minimum Gasteiger partial charge on any atom is -0.316 e. The van der Waals surface area contributed by atoms with Gasteiger partial charge in [0.25, 0.3) is 0 Å². The third-order valence-electron chi connectivity index (χ3n) is 2.78. The molecule has 3 nitrogen and oxygen atoms in total. The zero-order chi connectivity index (χ0) is 10.1. The van der Waals surface area contributed by atoms with Crippen LogP contribution in [0.2, 0.25) is 0 Å². The summed E-state index contributed by atoms with van der Waals surface area (Å²) in [6.45, 7) is 10.4. The zero-order valence-corrected chi connectivity index (χ0v) is 9.52. The van der Waals surface area contributed by atoms with Crippen molar-refractivity contribution in [3.8, 4) is 0 Å². The monoisotopic (exact) mass is 199 g/mol. The highest BCUT2D eigenvalue weighted by molar-refractivity contribution is 4.65. The minimum absolute atomic E-state index is 1.08. The lowest BCUT2D eigenvalue weighted by atomic mass is 10.1. The minimum atomic E-state index is 1.08. The van der Waals surface area contributed by atoms with E-state index in [-0.39, 0.29) is 0 Å². The number of piperidine rings is 1. The van der Waals surface area contributed by atoms with Gasteiger partial charge in [0.05, 0.1) is 0 Å². The second-order valence-corrected chi connectivity index (χ2v) is 4.01. The normalized spacial score (nSPS) is 18.6. The molecule has 0 atom stereocenters. The van der Waals surface area contributed by atoms with Gasteiger partial charge in [-0.15, -0.1) is 0 Å². The van der Waals surface area contributed by atoms with Crippen molar-refractivity contribution in [2.75, 3.05) is 45.8 Å². The van der Waals surface area contributed by atoms with Gasteiger partial charge in [0, 0.05) is 26.2 Å². The van der Waals surface area contributed by atoms with E-state index in [2.05, 4.69) is 22.5 Å². The molecule has 0 aliphatic carbocycles. The van der Waals surface area contributed by atoms with Crippen molar-refractivity contribution in [3.63, 3.8) is 0 Å². The van der Waals surface area contributed by atoms with Gasteiger partial charge in [0.15, 0.2) is 0 Å². The molecule has 2 N–H and O–H groups in total. The molecule has 0 bridgehead atoms. The van der Waals surface area contributed by atoms with Crippen molar-refractivity contribution in [2.45, 2.75) is 26.2 Å². The maximum atomic E-state index is 3.46. The Kier molecular flexibility index (Phi) is 7.01. The van der Waals surface area contributed by atoms with Crippen molar-refractivity contribution in [3.05, 3.63) is 0 Å². The van der Waals surface area contributed by atoms with Crippen LogP contribution in [0, 0.1) is 0 Å². The summed E-state index contributed by atoms with van der Waals surface area (Å²) in [4.78, 5) is 2.57. The van der Waals surface area contributed by atoms with Gasteiger partial charge in [-0.25, -0.2) is 0 Å². The van der Waals surface area contributed by atoms with E-state index in [1.807, 2.05) is 0 Å². The molecule has 0 aromatic carbocycles. The topological polar surface area (TPSA) is 27.3 Å². The Hall–Kier alpha value is -0.120. The lowest BCUT2D eigenvalue weighted by Gasteiger charge is -2.26. The molecule has 1 saturated heterocycles. The lowest BCUT2D eigenvalue weighted by Crippen LogP contribution is -2.37. The van der Waals surface area contributed by atoms with Crippen LogP contribution in [0.1, 0.15) is 26.2 Å². The summed E-state index contributed by atoms with van der Waals surface area (Å²) >= 11 is 0. The Morgan fingerprint density at radius 3 is 2.36 bits per heavy atom. The summed E-state index contributed by atoms with van der Waals surface area (Å²) < 4.78 is 0. The van der Waals surface area contributed by atoms with E-state index < -0.39 is 0 Å². The molecular formula is C11H25N3. The fourth-order valence-corrected chi connectivity index (χ4v) is 1.90. The highest BCUT2D eigenvalue weighted by Crippen LogP contribution is 2.06. The predicted octanol–water partition coefficient (Wildman–Crippen LogP) is 0.671. The molecule has 0 spiro atoms. The van der Waals surface area contributed by atoms with Gasteiger partial charge >= 0.3 is 0 Å². The van der Waals surface area contributed by atoms with Gasteiger partial charge < -0.3 is 15.5 Å². The highest BCUT2D eigenvalue weighted by atomic mass is 15.1. The molecule has 1 rings (SSSR count). The van der Waals surface area contributed by atoms with Gasteiger partial charge in [-0.1, -0.05) is 13.3 Å². The molecule has 0 amide bonds. The van der Waals surface area contributed by atoms with E-state index in [0.717, 1.165) is 26.2 Å². The summed E-state index contributed by atoms with van der Waals surface area (Å²) in [6, 6.07) is 0. The molecule has 1 fully saturated rings. The van der Waals surface area contributed by atoms with Crippen molar-refractivity contribution in [2.24, 2.45) is 0 Å². The lowest BCUT2D eigenvalue weighted by molar-refractivity contribution is 0.229. The molecule has 0 aromatic heterocycles. The average molecular weight is 199 g/mol. The third kappa shape index (κ3) is 5.58. The first-order valence-corrected chi connectivity index (χ1v) is 6.07. The Morgan fingerprint density at radius 2 is 1.64 bits per heavy atom. The molecule has 1 aliphatic heterocycles. The van der Waals surface area contributed by atoms with E-state index in [9.17, 15) is 0 Å². The van der Waals surface area contributed by atoms with Gasteiger partial charge in [-0.3, -0.25) is 0 Å².